The summed E-state index contributed by atoms with van der Waals surface area (Å²) in [5.41, 5.74) is 4.06. The van der Waals surface area contributed by atoms with E-state index in [1.165, 1.54) is 0 Å². The molecule has 4 rings (SSSR count). The quantitative estimate of drug-likeness (QED) is 0.182. The summed E-state index contributed by atoms with van der Waals surface area (Å²) in [6.45, 7) is 3.54. The first-order chi connectivity index (χ1) is 19.7. The fraction of sp³-hybridized carbons (Fsp3) is 0.265. The minimum atomic E-state index is -0.517. The monoisotopic (exact) mass is 539 g/mol. The molecule has 0 unspecified atom stereocenters. The molecule has 4 aromatic rings. The van der Waals surface area contributed by atoms with E-state index in [4.69, 9.17) is 18.9 Å². The molecule has 0 saturated heterocycles. The van der Waals surface area contributed by atoms with Crippen LogP contribution in [-0.2, 0) is 45.4 Å². The minimum Gasteiger partial charge on any atom is -0.445 e. The standard InChI is InChI=1S/C34H37NO5/c1-27(37-23-28-14-6-2-7-15-28)33(39-25-30-18-10-4-11-19-30)32(38-24-29-16-8-3-9-17-29)22-35-34(36)40-26-31-20-12-5-13-21-31/h2-21,27,32-33H,22-26H2,1H3,(H,35,36)/t27-,32+,33+/m1/s1. The van der Waals surface area contributed by atoms with Crippen LogP contribution in [0.1, 0.15) is 29.2 Å². The third kappa shape index (κ3) is 9.97. The topological polar surface area (TPSA) is 66.0 Å². The van der Waals surface area contributed by atoms with Crippen LogP contribution >= 0.6 is 0 Å². The predicted octanol–water partition coefficient (Wildman–Crippen LogP) is 6.69. The van der Waals surface area contributed by atoms with Gasteiger partial charge in [0.1, 0.15) is 18.8 Å². The lowest BCUT2D eigenvalue weighted by Crippen LogP contribution is -2.47. The Morgan fingerprint density at radius 1 is 0.575 bits per heavy atom. The van der Waals surface area contributed by atoms with Crippen molar-refractivity contribution in [1.29, 1.82) is 0 Å². The molecule has 6 nitrogen and oxygen atoms in total. The molecular weight excluding hydrogens is 502 g/mol. The van der Waals surface area contributed by atoms with Crippen LogP contribution in [0.3, 0.4) is 0 Å². The minimum absolute atomic E-state index is 0.187. The van der Waals surface area contributed by atoms with Gasteiger partial charge in [-0.3, -0.25) is 0 Å². The largest absolute Gasteiger partial charge is 0.445 e. The number of alkyl carbamates (subject to hydrolysis) is 1. The first kappa shape index (κ1) is 29.0. The molecule has 0 bridgehead atoms. The Kier molecular flexibility index (Phi) is 11.8. The highest BCUT2D eigenvalue weighted by Crippen LogP contribution is 2.18. The Morgan fingerprint density at radius 2 is 0.975 bits per heavy atom. The van der Waals surface area contributed by atoms with Crippen LogP contribution in [0, 0.1) is 0 Å². The van der Waals surface area contributed by atoms with Crippen LogP contribution in [0.2, 0.25) is 0 Å². The molecule has 0 spiro atoms. The summed E-state index contributed by atoms with van der Waals surface area (Å²) in [7, 11) is 0. The maximum atomic E-state index is 12.6. The number of carbonyl (C=O) groups is 1. The van der Waals surface area contributed by atoms with Gasteiger partial charge in [-0.15, -0.1) is 0 Å². The molecule has 3 atom stereocenters. The summed E-state index contributed by atoms with van der Waals surface area (Å²) in [4.78, 5) is 12.6. The third-order valence-corrected chi connectivity index (χ3v) is 6.44. The van der Waals surface area contributed by atoms with Crippen molar-refractivity contribution in [3.8, 4) is 0 Å². The average molecular weight is 540 g/mol. The van der Waals surface area contributed by atoms with Crippen molar-refractivity contribution < 1.29 is 23.7 Å². The van der Waals surface area contributed by atoms with E-state index < -0.39 is 18.3 Å². The van der Waals surface area contributed by atoms with Gasteiger partial charge in [-0.2, -0.15) is 0 Å². The van der Waals surface area contributed by atoms with Crippen molar-refractivity contribution >= 4 is 6.09 Å². The zero-order valence-corrected chi connectivity index (χ0v) is 22.9. The van der Waals surface area contributed by atoms with E-state index in [1.807, 2.05) is 128 Å². The maximum absolute atomic E-state index is 12.6. The van der Waals surface area contributed by atoms with Crippen LogP contribution in [0.5, 0.6) is 0 Å². The number of benzene rings is 4. The van der Waals surface area contributed by atoms with Gasteiger partial charge in [-0.1, -0.05) is 121 Å². The zero-order chi connectivity index (χ0) is 27.8. The molecule has 1 amide bonds. The lowest BCUT2D eigenvalue weighted by molar-refractivity contribution is -0.144. The number of hydrogen-bond donors (Lipinski definition) is 1. The van der Waals surface area contributed by atoms with Crippen LogP contribution in [-0.4, -0.2) is 30.9 Å². The van der Waals surface area contributed by atoms with E-state index in [0.29, 0.717) is 19.8 Å². The van der Waals surface area contributed by atoms with Crippen molar-refractivity contribution in [2.24, 2.45) is 0 Å². The lowest BCUT2D eigenvalue weighted by Gasteiger charge is -2.32. The molecule has 0 aromatic heterocycles. The van der Waals surface area contributed by atoms with Crippen LogP contribution in [0.4, 0.5) is 4.79 Å². The van der Waals surface area contributed by atoms with Gasteiger partial charge in [0.05, 0.1) is 25.9 Å². The molecule has 4 aromatic carbocycles. The summed E-state index contributed by atoms with van der Waals surface area (Å²) in [6, 6.07) is 39.5. The van der Waals surface area contributed by atoms with Gasteiger partial charge in [0.15, 0.2) is 0 Å². The fourth-order valence-corrected chi connectivity index (χ4v) is 4.21. The molecule has 0 heterocycles. The summed E-state index contributed by atoms with van der Waals surface area (Å²) in [5.74, 6) is 0. The van der Waals surface area contributed by atoms with Gasteiger partial charge in [-0.05, 0) is 29.2 Å². The van der Waals surface area contributed by atoms with E-state index >= 15 is 0 Å². The SMILES string of the molecule is C[C@@H](OCc1ccccc1)[C@H](OCc1ccccc1)[C@H](CNC(=O)OCc1ccccc1)OCc1ccccc1. The van der Waals surface area contributed by atoms with Gasteiger partial charge in [0.25, 0.3) is 0 Å². The Labute approximate surface area is 236 Å². The van der Waals surface area contributed by atoms with E-state index in [-0.39, 0.29) is 19.3 Å². The Hall–Kier alpha value is -3.97. The number of ether oxygens (including phenoxy) is 4. The van der Waals surface area contributed by atoms with Crippen molar-refractivity contribution in [3.63, 3.8) is 0 Å². The van der Waals surface area contributed by atoms with Gasteiger partial charge in [-0.25, -0.2) is 4.79 Å². The van der Waals surface area contributed by atoms with Gasteiger partial charge in [0.2, 0.25) is 0 Å². The number of amides is 1. The predicted molar refractivity (Wildman–Crippen MR) is 155 cm³/mol. The molecule has 0 aliphatic carbocycles. The molecular formula is C34H37NO5. The van der Waals surface area contributed by atoms with E-state index in [2.05, 4.69) is 5.32 Å². The van der Waals surface area contributed by atoms with Gasteiger partial charge in [0, 0.05) is 6.54 Å². The maximum Gasteiger partial charge on any atom is 0.407 e. The summed E-state index contributed by atoms with van der Waals surface area (Å²) in [6.07, 6.45) is -1.82. The zero-order valence-electron chi connectivity index (χ0n) is 22.9. The van der Waals surface area contributed by atoms with E-state index in [0.717, 1.165) is 22.3 Å². The smallest absolute Gasteiger partial charge is 0.407 e. The lowest BCUT2D eigenvalue weighted by atomic mass is 10.1. The van der Waals surface area contributed by atoms with Gasteiger partial charge < -0.3 is 24.3 Å². The highest BCUT2D eigenvalue weighted by Gasteiger charge is 2.30. The number of carbonyl (C=O) groups excluding carboxylic acids is 1. The highest BCUT2D eigenvalue weighted by molar-refractivity contribution is 5.67. The number of rotatable bonds is 15. The molecule has 1 N–H and O–H groups in total. The average Bonchev–Trinajstić information content (AvgIpc) is 3.02. The molecule has 0 radical (unpaired) electrons. The molecule has 208 valence electrons. The van der Waals surface area contributed by atoms with E-state index in [1.54, 1.807) is 0 Å². The molecule has 0 aliphatic heterocycles. The second-order valence-electron chi connectivity index (χ2n) is 9.54. The summed E-state index contributed by atoms with van der Waals surface area (Å²) < 4.78 is 24.6. The van der Waals surface area contributed by atoms with Crippen LogP contribution in [0.15, 0.2) is 121 Å². The normalized spacial score (nSPS) is 13.2. The van der Waals surface area contributed by atoms with Crippen LogP contribution in [0.25, 0.3) is 0 Å². The number of nitrogens with one attached hydrogen (secondary N) is 1. The first-order valence-electron chi connectivity index (χ1n) is 13.6. The van der Waals surface area contributed by atoms with Crippen molar-refractivity contribution in [3.05, 3.63) is 144 Å². The van der Waals surface area contributed by atoms with Crippen LogP contribution < -0.4 is 5.32 Å². The van der Waals surface area contributed by atoms with Gasteiger partial charge >= 0.3 is 6.09 Å². The second kappa shape index (κ2) is 16.2. The molecule has 0 aliphatic rings. The Bertz CT molecular complexity index is 1240. The van der Waals surface area contributed by atoms with Crippen molar-refractivity contribution in [2.45, 2.75) is 51.7 Å². The summed E-state index contributed by atoms with van der Waals surface area (Å²) >= 11 is 0. The molecule has 0 fully saturated rings. The Morgan fingerprint density at radius 3 is 1.45 bits per heavy atom. The first-order valence-corrected chi connectivity index (χ1v) is 13.6. The summed E-state index contributed by atoms with van der Waals surface area (Å²) in [5, 5.41) is 2.87. The highest BCUT2D eigenvalue weighted by atomic mass is 16.6. The second-order valence-corrected chi connectivity index (χ2v) is 9.54. The molecule has 0 saturated carbocycles. The molecule has 6 heteroatoms. The van der Waals surface area contributed by atoms with E-state index in [9.17, 15) is 4.79 Å². The van der Waals surface area contributed by atoms with Crippen molar-refractivity contribution in [2.75, 3.05) is 6.54 Å². The third-order valence-electron chi connectivity index (χ3n) is 6.44. The fourth-order valence-electron chi connectivity index (χ4n) is 4.21. The Balaban J connectivity index is 1.45. The molecule has 40 heavy (non-hydrogen) atoms. The number of hydrogen-bond acceptors (Lipinski definition) is 5. The van der Waals surface area contributed by atoms with Crippen molar-refractivity contribution in [1.82, 2.24) is 5.32 Å².